The normalized spacial score (nSPS) is 14.5. The summed E-state index contributed by atoms with van der Waals surface area (Å²) >= 11 is 0. The van der Waals surface area contributed by atoms with Crippen molar-refractivity contribution >= 4 is 17.5 Å². The molecule has 0 aromatic heterocycles. The van der Waals surface area contributed by atoms with Crippen molar-refractivity contribution in [2.75, 3.05) is 19.0 Å². The van der Waals surface area contributed by atoms with Gasteiger partial charge in [-0.05, 0) is 49.6 Å². The Morgan fingerprint density at radius 2 is 1.84 bits per heavy atom. The summed E-state index contributed by atoms with van der Waals surface area (Å²) in [6, 6.07) is 14.7. The molecule has 1 aliphatic rings. The molecule has 0 saturated heterocycles. The van der Waals surface area contributed by atoms with Crippen LogP contribution >= 0.6 is 0 Å². The van der Waals surface area contributed by atoms with Crippen molar-refractivity contribution < 1.29 is 14.3 Å². The van der Waals surface area contributed by atoms with Gasteiger partial charge in [-0.1, -0.05) is 24.3 Å². The van der Waals surface area contributed by atoms with Crippen LogP contribution in [0.15, 0.2) is 48.5 Å². The first kappa shape index (κ1) is 17.0. The van der Waals surface area contributed by atoms with Gasteiger partial charge in [-0.15, -0.1) is 0 Å². The number of urea groups is 1. The second-order valence-corrected chi connectivity index (χ2v) is 6.45. The Kier molecular flexibility index (Phi) is 4.74. The minimum absolute atomic E-state index is 0.0187. The number of carbonyl (C=O) groups is 2. The molecule has 0 aliphatic heterocycles. The van der Waals surface area contributed by atoms with Crippen LogP contribution in [0, 0.1) is 0 Å². The van der Waals surface area contributed by atoms with Gasteiger partial charge in [0.1, 0.15) is 5.75 Å². The molecule has 1 saturated carbocycles. The van der Waals surface area contributed by atoms with Crippen molar-refractivity contribution in [3.05, 3.63) is 59.7 Å². The van der Waals surface area contributed by atoms with E-state index in [-0.39, 0.29) is 17.2 Å². The minimum atomic E-state index is -0.263. The van der Waals surface area contributed by atoms with Crippen molar-refractivity contribution in [1.29, 1.82) is 0 Å². The lowest BCUT2D eigenvalue weighted by Crippen LogP contribution is -2.35. The van der Waals surface area contributed by atoms with Crippen LogP contribution in [0.3, 0.4) is 0 Å². The highest BCUT2D eigenvalue weighted by Gasteiger charge is 2.44. The number of amides is 2. The molecule has 25 heavy (non-hydrogen) atoms. The van der Waals surface area contributed by atoms with E-state index in [1.54, 1.807) is 31.4 Å². The van der Waals surface area contributed by atoms with E-state index in [0.29, 0.717) is 17.8 Å². The molecule has 0 bridgehead atoms. The van der Waals surface area contributed by atoms with Gasteiger partial charge in [0.25, 0.3) is 0 Å². The van der Waals surface area contributed by atoms with Crippen LogP contribution in [0.1, 0.15) is 35.7 Å². The molecule has 0 unspecified atom stereocenters. The van der Waals surface area contributed by atoms with E-state index in [1.165, 1.54) is 12.5 Å². The molecule has 3 rings (SSSR count). The lowest BCUT2D eigenvalue weighted by molar-refractivity contribution is 0.101. The number of ether oxygens (including phenoxy) is 1. The summed E-state index contributed by atoms with van der Waals surface area (Å²) in [6.07, 6.45) is 2.11. The Hall–Kier alpha value is -2.82. The highest BCUT2D eigenvalue weighted by atomic mass is 16.5. The van der Waals surface area contributed by atoms with Crippen molar-refractivity contribution in [2.45, 2.75) is 25.2 Å². The maximum atomic E-state index is 12.2. The molecule has 2 N–H and O–H groups in total. The fourth-order valence-electron chi connectivity index (χ4n) is 2.90. The van der Waals surface area contributed by atoms with Crippen LogP contribution in [0.2, 0.25) is 0 Å². The average molecular weight is 338 g/mol. The fourth-order valence-corrected chi connectivity index (χ4v) is 2.90. The van der Waals surface area contributed by atoms with E-state index in [9.17, 15) is 9.59 Å². The van der Waals surface area contributed by atoms with Crippen LogP contribution < -0.4 is 15.4 Å². The van der Waals surface area contributed by atoms with Crippen LogP contribution in [-0.4, -0.2) is 25.5 Å². The molecule has 0 atom stereocenters. The van der Waals surface area contributed by atoms with Gasteiger partial charge >= 0.3 is 6.03 Å². The van der Waals surface area contributed by atoms with E-state index in [2.05, 4.69) is 22.8 Å². The van der Waals surface area contributed by atoms with E-state index in [4.69, 9.17) is 4.74 Å². The number of rotatable bonds is 6. The Balaban J connectivity index is 1.58. The molecule has 0 heterocycles. The molecular formula is C20H22N2O3. The zero-order chi connectivity index (χ0) is 17.9. The molecular weight excluding hydrogens is 316 g/mol. The molecule has 5 nitrogen and oxygen atoms in total. The lowest BCUT2D eigenvalue weighted by Gasteiger charge is -2.17. The summed E-state index contributed by atoms with van der Waals surface area (Å²) in [7, 11) is 1.65. The first-order valence-corrected chi connectivity index (χ1v) is 8.33. The Bertz CT molecular complexity index is 780. The van der Waals surface area contributed by atoms with E-state index >= 15 is 0 Å². The first-order valence-electron chi connectivity index (χ1n) is 8.33. The largest absolute Gasteiger partial charge is 0.497 e. The third kappa shape index (κ3) is 3.99. The summed E-state index contributed by atoms with van der Waals surface area (Å²) in [5.41, 5.74) is 2.42. The zero-order valence-corrected chi connectivity index (χ0v) is 14.5. The number of nitrogens with one attached hydrogen (secondary N) is 2. The number of hydrogen-bond donors (Lipinski definition) is 2. The van der Waals surface area contributed by atoms with Gasteiger partial charge in [0.05, 0.1) is 7.11 Å². The van der Waals surface area contributed by atoms with Gasteiger partial charge in [-0.25, -0.2) is 4.79 Å². The van der Waals surface area contributed by atoms with E-state index < -0.39 is 0 Å². The third-order valence-electron chi connectivity index (χ3n) is 4.67. The highest BCUT2D eigenvalue weighted by Crippen LogP contribution is 2.47. The fraction of sp³-hybridized carbons (Fsp3) is 0.300. The first-order chi connectivity index (χ1) is 12.0. The maximum absolute atomic E-state index is 12.2. The molecule has 1 aliphatic carbocycles. The predicted octanol–water partition coefficient (Wildman–Crippen LogP) is 3.75. The highest BCUT2D eigenvalue weighted by molar-refractivity contribution is 5.96. The van der Waals surface area contributed by atoms with Crippen LogP contribution in [0.25, 0.3) is 0 Å². The van der Waals surface area contributed by atoms with E-state index in [0.717, 1.165) is 18.6 Å². The topological polar surface area (TPSA) is 67.4 Å². The monoisotopic (exact) mass is 338 g/mol. The minimum Gasteiger partial charge on any atom is -0.497 e. The number of ketones is 1. The predicted molar refractivity (Wildman–Crippen MR) is 97.4 cm³/mol. The Morgan fingerprint density at radius 1 is 1.12 bits per heavy atom. The van der Waals surface area contributed by atoms with Crippen molar-refractivity contribution in [3.63, 3.8) is 0 Å². The van der Waals surface area contributed by atoms with Crippen molar-refractivity contribution in [2.24, 2.45) is 0 Å². The lowest BCUT2D eigenvalue weighted by atomic mass is 9.96. The number of anilines is 1. The van der Waals surface area contributed by atoms with Gasteiger partial charge in [-0.3, -0.25) is 4.79 Å². The summed E-state index contributed by atoms with van der Waals surface area (Å²) < 4.78 is 5.19. The number of hydrogen-bond acceptors (Lipinski definition) is 3. The summed E-state index contributed by atoms with van der Waals surface area (Å²) in [5, 5.41) is 5.73. The molecule has 2 amide bonds. The van der Waals surface area contributed by atoms with Gasteiger partial charge in [-0.2, -0.15) is 0 Å². The number of benzene rings is 2. The molecule has 0 spiro atoms. The van der Waals surface area contributed by atoms with Crippen molar-refractivity contribution in [3.8, 4) is 5.75 Å². The van der Waals surface area contributed by atoms with Crippen LogP contribution in [0.5, 0.6) is 5.75 Å². The quantitative estimate of drug-likeness (QED) is 0.788. The van der Waals surface area contributed by atoms with Crippen LogP contribution in [-0.2, 0) is 5.41 Å². The molecule has 2 aromatic rings. The summed E-state index contributed by atoms with van der Waals surface area (Å²) in [5.74, 6) is 0.802. The van der Waals surface area contributed by atoms with Gasteiger partial charge in [0.2, 0.25) is 0 Å². The van der Waals surface area contributed by atoms with Crippen LogP contribution in [0.4, 0.5) is 10.5 Å². The standard InChI is InChI=1S/C20H22N2O3/c1-14(23)15-4-3-5-17(12-15)22-19(24)21-13-20(10-11-20)16-6-8-18(25-2)9-7-16/h3-9,12H,10-11,13H2,1-2H3,(H2,21,22,24). The average Bonchev–Trinajstić information content (AvgIpc) is 3.41. The molecule has 5 heteroatoms. The number of carbonyl (C=O) groups excluding carboxylic acids is 2. The van der Waals surface area contributed by atoms with E-state index in [1.807, 2.05) is 12.1 Å². The SMILES string of the molecule is COc1ccc(C2(CNC(=O)Nc3cccc(C(C)=O)c3)CC2)cc1. The second-order valence-electron chi connectivity index (χ2n) is 6.45. The van der Waals surface area contributed by atoms with Gasteiger partial charge in [0.15, 0.2) is 5.78 Å². The van der Waals surface area contributed by atoms with Gasteiger partial charge < -0.3 is 15.4 Å². The maximum Gasteiger partial charge on any atom is 0.319 e. The Labute approximate surface area is 147 Å². The smallest absolute Gasteiger partial charge is 0.319 e. The second kappa shape index (κ2) is 6.97. The summed E-state index contributed by atoms with van der Waals surface area (Å²) in [6.45, 7) is 2.09. The molecule has 1 fully saturated rings. The van der Waals surface area contributed by atoms with Gasteiger partial charge in [0, 0.05) is 23.2 Å². The number of Topliss-reactive ketones (excluding diaryl/α,β-unsaturated/α-hetero) is 1. The zero-order valence-electron chi connectivity index (χ0n) is 14.5. The molecule has 0 radical (unpaired) electrons. The number of methoxy groups -OCH3 is 1. The molecule has 130 valence electrons. The summed E-state index contributed by atoms with van der Waals surface area (Å²) in [4.78, 5) is 23.6. The molecule has 2 aromatic carbocycles. The van der Waals surface area contributed by atoms with Crippen molar-refractivity contribution in [1.82, 2.24) is 5.32 Å². The third-order valence-corrected chi connectivity index (χ3v) is 4.67. The Morgan fingerprint density at radius 3 is 2.44 bits per heavy atom.